The third-order valence-corrected chi connectivity index (χ3v) is 3.97. The van der Waals surface area contributed by atoms with Gasteiger partial charge in [0.25, 0.3) is 5.91 Å². The Morgan fingerprint density at radius 1 is 1.36 bits per heavy atom. The highest BCUT2D eigenvalue weighted by atomic mass is 35.5. The summed E-state index contributed by atoms with van der Waals surface area (Å²) in [5.74, 6) is -0.785. The van der Waals surface area contributed by atoms with Crippen LogP contribution >= 0.6 is 12.4 Å². The molecule has 2 rings (SSSR count). The molecule has 0 aliphatic rings. The van der Waals surface area contributed by atoms with Gasteiger partial charge >= 0.3 is 0 Å². The van der Waals surface area contributed by atoms with Gasteiger partial charge in [-0.1, -0.05) is 19.8 Å². The van der Waals surface area contributed by atoms with E-state index in [1.165, 1.54) is 10.7 Å². The zero-order valence-corrected chi connectivity index (χ0v) is 15.7. The summed E-state index contributed by atoms with van der Waals surface area (Å²) in [6.45, 7) is 6.17. The third kappa shape index (κ3) is 5.28. The standard InChI is InChI=1S/C18H25FN4O.ClH/c1-4-5-6-15(11-20)21-18(24)14-7-8-17(16(19)10-14)23-13(3)9-12(2)22-23;/h7-10,15H,4-6,11,20H2,1-3H3,(H,21,24);1H. The highest BCUT2D eigenvalue weighted by Crippen LogP contribution is 2.17. The van der Waals surface area contributed by atoms with Gasteiger partial charge in [0.1, 0.15) is 11.5 Å². The minimum Gasteiger partial charge on any atom is -0.348 e. The minimum absolute atomic E-state index is 0. The van der Waals surface area contributed by atoms with Crippen LogP contribution in [-0.2, 0) is 0 Å². The fourth-order valence-corrected chi connectivity index (χ4v) is 2.66. The number of halogens is 2. The molecule has 25 heavy (non-hydrogen) atoms. The molecule has 1 atom stereocenters. The molecular formula is C18H26ClFN4O. The van der Waals surface area contributed by atoms with Crippen molar-refractivity contribution in [2.75, 3.05) is 6.54 Å². The molecule has 5 nitrogen and oxygen atoms in total. The molecule has 2 aromatic rings. The van der Waals surface area contributed by atoms with Gasteiger partial charge < -0.3 is 11.1 Å². The Hall–Kier alpha value is -1.92. The van der Waals surface area contributed by atoms with Crippen LogP contribution in [0.4, 0.5) is 4.39 Å². The maximum absolute atomic E-state index is 14.4. The Morgan fingerprint density at radius 2 is 2.08 bits per heavy atom. The molecule has 1 aromatic heterocycles. The van der Waals surface area contributed by atoms with E-state index in [4.69, 9.17) is 5.73 Å². The number of rotatable bonds is 7. The fourth-order valence-electron chi connectivity index (χ4n) is 2.66. The molecule has 3 N–H and O–H groups in total. The van der Waals surface area contributed by atoms with E-state index in [9.17, 15) is 9.18 Å². The highest BCUT2D eigenvalue weighted by molar-refractivity contribution is 5.94. The number of benzene rings is 1. The number of nitrogens with zero attached hydrogens (tertiary/aromatic N) is 2. The summed E-state index contributed by atoms with van der Waals surface area (Å²) in [6, 6.07) is 6.22. The normalized spacial score (nSPS) is 11.7. The van der Waals surface area contributed by atoms with Gasteiger partial charge in [-0.15, -0.1) is 12.4 Å². The molecule has 138 valence electrons. The average Bonchev–Trinajstić information content (AvgIpc) is 2.89. The van der Waals surface area contributed by atoms with Gasteiger partial charge in [-0.05, 0) is 44.5 Å². The van der Waals surface area contributed by atoms with Gasteiger partial charge in [0.05, 0.1) is 5.69 Å². The molecular weight excluding hydrogens is 343 g/mol. The first-order chi connectivity index (χ1) is 11.5. The van der Waals surface area contributed by atoms with E-state index in [1.807, 2.05) is 19.9 Å². The third-order valence-electron chi connectivity index (χ3n) is 3.97. The largest absolute Gasteiger partial charge is 0.348 e. The Labute approximate surface area is 154 Å². The van der Waals surface area contributed by atoms with Crippen molar-refractivity contribution >= 4 is 18.3 Å². The molecule has 0 aliphatic heterocycles. The summed E-state index contributed by atoms with van der Waals surface area (Å²) in [7, 11) is 0. The van der Waals surface area contributed by atoms with Gasteiger partial charge in [-0.2, -0.15) is 5.10 Å². The molecule has 0 saturated heterocycles. The predicted octanol–water partition coefficient (Wildman–Crippen LogP) is 3.30. The van der Waals surface area contributed by atoms with E-state index < -0.39 is 5.82 Å². The Morgan fingerprint density at radius 3 is 2.60 bits per heavy atom. The highest BCUT2D eigenvalue weighted by Gasteiger charge is 2.15. The Bertz CT molecular complexity index is 717. The number of unbranched alkanes of at least 4 members (excludes halogenated alkanes) is 1. The summed E-state index contributed by atoms with van der Waals surface area (Å²) in [4.78, 5) is 12.3. The molecule has 1 aromatic carbocycles. The summed E-state index contributed by atoms with van der Waals surface area (Å²) in [6.07, 6.45) is 2.86. The predicted molar refractivity (Wildman–Crippen MR) is 100 cm³/mol. The number of nitrogens with two attached hydrogens (primary N) is 1. The van der Waals surface area contributed by atoms with Crippen LogP contribution in [0.25, 0.3) is 5.69 Å². The first kappa shape index (κ1) is 21.1. The number of amides is 1. The molecule has 0 saturated carbocycles. The first-order valence-electron chi connectivity index (χ1n) is 8.30. The Kier molecular flexibility index (Phi) is 8.06. The Balaban J connectivity index is 0.00000312. The lowest BCUT2D eigenvalue weighted by Gasteiger charge is -2.16. The molecule has 7 heteroatoms. The molecule has 0 aliphatic carbocycles. The van der Waals surface area contributed by atoms with Crippen LogP contribution in [0.5, 0.6) is 0 Å². The maximum atomic E-state index is 14.4. The van der Waals surface area contributed by atoms with Crippen molar-refractivity contribution in [3.63, 3.8) is 0 Å². The van der Waals surface area contributed by atoms with E-state index >= 15 is 0 Å². The minimum atomic E-state index is -0.480. The van der Waals surface area contributed by atoms with E-state index in [1.54, 1.807) is 12.1 Å². The van der Waals surface area contributed by atoms with Crippen molar-refractivity contribution in [3.05, 3.63) is 47.0 Å². The molecule has 0 bridgehead atoms. The van der Waals surface area contributed by atoms with Crippen LogP contribution in [0.2, 0.25) is 0 Å². The maximum Gasteiger partial charge on any atom is 0.251 e. The number of hydrogen-bond donors (Lipinski definition) is 2. The molecule has 1 heterocycles. The van der Waals surface area contributed by atoms with Gasteiger partial charge in [0.2, 0.25) is 0 Å². The summed E-state index contributed by atoms with van der Waals surface area (Å²) >= 11 is 0. The number of carbonyl (C=O) groups excluding carboxylic acids is 1. The van der Waals surface area contributed by atoms with Crippen molar-refractivity contribution in [2.24, 2.45) is 5.73 Å². The van der Waals surface area contributed by atoms with Crippen molar-refractivity contribution in [3.8, 4) is 5.69 Å². The van der Waals surface area contributed by atoms with Crippen molar-refractivity contribution in [1.29, 1.82) is 0 Å². The zero-order valence-electron chi connectivity index (χ0n) is 14.9. The molecule has 1 amide bonds. The van der Waals surface area contributed by atoms with Gasteiger partial charge in [-0.25, -0.2) is 9.07 Å². The second kappa shape index (κ2) is 9.53. The average molecular weight is 369 g/mol. The number of aromatic nitrogens is 2. The zero-order chi connectivity index (χ0) is 17.7. The van der Waals surface area contributed by atoms with Crippen LogP contribution < -0.4 is 11.1 Å². The lowest BCUT2D eigenvalue weighted by atomic mass is 10.1. The number of carbonyl (C=O) groups is 1. The molecule has 1 unspecified atom stereocenters. The van der Waals surface area contributed by atoms with E-state index in [0.717, 1.165) is 30.7 Å². The summed E-state index contributed by atoms with van der Waals surface area (Å²) < 4.78 is 16.0. The molecule has 0 spiro atoms. The number of aryl methyl sites for hydroxylation is 2. The van der Waals surface area contributed by atoms with Crippen molar-refractivity contribution in [1.82, 2.24) is 15.1 Å². The topological polar surface area (TPSA) is 72.9 Å². The van der Waals surface area contributed by atoms with Crippen LogP contribution in [0, 0.1) is 19.7 Å². The van der Waals surface area contributed by atoms with Crippen LogP contribution in [-0.4, -0.2) is 28.3 Å². The summed E-state index contributed by atoms with van der Waals surface area (Å²) in [5, 5.41) is 7.14. The first-order valence-corrected chi connectivity index (χ1v) is 8.30. The van der Waals surface area contributed by atoms with Crippen LogP contribution in [0.3, 0.4) is 0 Å². The van der Waals surface area contributed by atoms with Gasteiger partial charge in [0, 0.05) is 23.8 Å². The van der Waals surface area contributed by atoms with Crippen molar-refractivity contribution in [2.45, 2.75) is 46.1 Å². The van der Waals surface area contributed by atoms with E-state index in [0.29, 0.717) is 12.2 Å². The quantitative estimate of drug-likeness (QED) is 0.787. The smallest absolute Gasteiger partial charge is 0.251 e. The summed E-state index contributed by atoms with van der Waals surface area (Å²) in [5.41, 5.74) is 7.96. The van der Waals surface area contributed by atoms with Gasteiger partial charge in [-0.3, -0.25) is 4.79 Å². The van der Waals surface area contributed by atoms with E-state index in [2.05, 4.69) is 17.3 Å². The molecule has 0 radical (unpaired) electrons. The lowest BCUT2D eigenvalue weighted by molar-refractivity contribution is 0.0935. The molecule has 0 fully saturated rings. The van der Waals surface area contributed by atoms with Crippen LogP contribution in [0.1, 0.15) is 47.9 Å². The van der Waals surface area contributed by atoms with E-state index in [-0.39, 0.29) is 29.9 Å². The van der Waals surface area contributed by atoms with Gasteiger partial charge in [0.15, 0.2) is 0 Å². The fraction of sp³-hybridized carbons (Fsp3) is 0.444. The lowest BCUT2D eigenvalue weighted by Crippen LogP contribution is -2.40. The SMILES string of the molecule is CCCCC(CN)NC(=O)c1ccc(-n2nc(C)cc2C)c(F)c1.Cl. The number of hydrogen-bond acceptors (Lipinski definition) is 3. The number of nitrogens with one attached hydrogen (secondary N) is 1. The second-order valence-corrected chi connectivity index (χ2v) is 6.05. The van der Waals surface area contributed by atoms with Crippen molar-refractivity contribution < 1.29 is 9.18 Å². The second-order valence-electron chi connectivity index (χ2n) is 6.05. The monoisotopic (exact) mass is 368 g/mol. The van der Waals surface area contributed by atoms with Crippen LogP contribution in [0.15, 0.2) is 24.3 Å².